The Hall–Kier alpha value is -2.05. The molecule has 2 atom stereocenters. The number of Topliss-reactive ketones (excluding diaryl/α,β-unsaturated/α-hetero) is 1. The van der Waals surface area contributed by atoms with Crippen LogP contribution in [0.25, 0.3) is 5.53 Å². The SMILES string of the molecule is CC(C)C[C@H](N)C(=O)N[C@@H](CCC(=O)C=[N+]=[N-])C(=O)OC(C)(C)C. The minimum absolute atomic E-state index is 0.0277. The number of nitrogens with zero attached hydrogens (tertiary/aromatic N) is 2. The molecule has 0 aliphatic rings. The van der Waals surface area contributed by atoms with Gasteiger partial charge in [0.05, 0.1) is 6.04 Å². The average Bonchev–Trinajstić information content (AvgIpc) is 2.40. The molecule has 3 N–H and O–H groups in total. The number of nitrogens with two attached hydrogens (primary N) is 1. The van der Waals surface area contributed by atoms with E-state index in [1.165, 1.54) is 0 Å². The van der Waals surface area contributed by atoms with E-state index < -0.39 is 35.3 Å². The molecule has 0 aliphatic carbocycles. The second-order valence-electron chi connectivity index (χ2n) is 7.08. The molecule has 8 heteroatoms. The van der Waals surface area contributed by atoms with E-state index in [1.54, 1.807) is 20.8 Å². The van der Waals surface area contributed by atoms with Gasteiger partial charge in [-0.05, 0) is 39.5 Å². The molecule has 136 valence electrons. The Morgan fingerprint density at radius 2 is 1.88 bits per heavy atom. The molecule has 0 saturated heterocycles. The van der Waals surface area contributed by atoms with Crippen molar-refractivity contribution in [3.05, 3.63) is 5.53 Å². The lowest BCUT2D eigenvalue weighted by atomic mass is 10.0. The maximum Gasteiger partial charge on any atom is 0.329 e. The van der Waals surface area contributed by atoms with Gasteiger partial charge in [-0.25, -0.2) is 4.79 Å². The first-order valence-corrected chi connectivity index (χ1v) is 7.95. The van der Waals surface area contributed by atoms with Gasteiger partial charge < -0.3 is 21.3 Å². The van der Waals surface area contributed by atoms with E-state index in [0.717, 1.165) is 6.21 Å². The van der Waals surface area contributed by atoms with Crippen molar-refractivity contribution in [2.75, 3.05) is 0 Å². The zero-order chi connectivity index (χ0) is 18.9. The summed E-state index contributed by atoms with van der Waals surface area (Å²) in [5.41, 5.74) is 13.4. The van der Waals surface area contributed by atoms with Crippen LogP contribution < -0.4 is 11.1 Å². The average molecular weight is 340 g/mol. The summed E-state index contributed by atoms with van der Waals surface area (Å²) in [7, 11) is 0. The van der Waals surface area contributed by atoms with Crippen LogP contribution in [-0.4, -0.2) is 46.3 Å². The molecule has 0 radical (unpaired) electrons. The highest BCUT2D eigenvalue weighted by Crippen LogP contribution is 2.11. The summed E-state index contributed by atoms with van der Waals surface area (Å²) in [4.78, 5) is 38.4. The normalized spacial score (nSPS) is 13.6. The van der Waals surface area contributed by atoms with Gasteiger partial charge in [0.15, 0.2) is 0 Å². The summed E-state index contributed by atoms with van der Waals surface area (Å²) >= 11 is 0. The standard InChI is InChI=1S/C16H28N4O4/c1-10(2)8-12(17)14(22)20-13(7-6-11(21)9-19-18)15(23)24-16(3,4)5/h9-10,12-13H,6-8,17H2,1-5H3,(H,20,22)/t12-,13-/m0/s1. The van der Waals surface area contributed by atoms with Crippen LogP contribution in [0, 0.1) is 5.92 Å². The Morgan fingerprint density at radius 3 is 2.33 bits per heavy atom. The summed E-state index contributed by atoms with van der Waals surface area (Å²) in [5.74, 6) is -1.34. The van der Waals surface area contributed by atoms with E-state index in [1.807, 2.05) is 13.8 Å². The highest BCUT2D eigenvalue weighted by molar-refractivity contribution is 6.25. The maximum atomic E-state index is 12.2. The minimum atomic E-state index is -0.994. The third-order valence-electron chi connectivity index (χ3n) is 2.95. The first-order chi connectivity index (χ1) is 11.0. The van der Waals surface area contributed by atoms with Crippen LogP contribution in [-0.2, 0) is 19.1 Å². The summed E-state index contributed by atoms with van der Waals surface area (Å²) in [6.45, 7) is 8.99. The van der Waals surface area contributed by atoms with Gasteiger partial charge in [-0.15, -0.1) is 0 Å². The predicted octanol–water partition coefficient (Wildman–Crippen LogP) is 0.836. The number of nitrogens with one attached hydrogen (secondary N) is 1. The van der Waals surface area contributed by atoms with Crippen LogP contribution >= 0.6 is 0 Å². The van der Waals surface area contributed by atoms with Crippen molar-refractivity contribution in [1.82, 2.24) is 5.32 Å². The van der Waals surface area contributed by atoms with Crippen LogP contribution in [0.3, 0.4) is 0 Å². The van der Waals surface area contributed by atoms with Crippen LogP contribution in [0.15, 0.2) is 0 Å². The smallest absolute Gasteiger partial charge is 0.329 e. The third-order valence-corrected chi connectivity index (χ3v) is 2.95. The fourth-order valence-corrected chi connectivity index (χ4v) is 1.93. The van der Waals surface area contributed by atoms with Crippen molar-refractivity contribution in [3.63, 3.8) is 0 Å². The molecule has 0 aromatic rings. The van der Waals surface area contributed by atoms with Crippen molar-refractivity contribution in [1.29, 1.82) is 0 Å². The van der Waals surface area contributed by atoms with E-state index in [2.05, 4.69) is 10.1 Å². The van der Waals surface area contributed by atoms with Gasteiger partial charge in [0, 0.05) is 6.42 Å². The van der Waals surface area contributed by atoms with E-state index >= 15 is 0 Å². The van der Waals surface area contributed by atoms with Crippen molar-refractivity contribution >= 4 is 23.9 Å². The lowest BCUT2D eigenvalue weighted by Gasteiger charge is -2.25. The molecule has 0 aliphatic heterocycles. The molecular weight excluding hydrogens is 312 g/mol. The Balaban J connectivity index is 4.96. The lowest BCUT2D eigenvalue weighted by Crippen LogP contribution is -2.50. The number of hydrogen-bond acceptors (Lipinski definition) is 5. The zero-order valence-electron chi connectivity index (χ0n) is 15.0. The first kappa shape index (κ1) is 21.9. The highest BCUT2D eigenvalue weighted by Gasteiger charge is 2.29. The molecule has 0 spiro atoms. The molecule has 0 fully saturated rings. The molecule has 0 saturated carbocycles. The van der Waals surface area contributed by atoms with Crippen molar-refractivity contribution in [2.24, 2.45) is 11.7 Å². The molecule has 0 unspecified atom stereocenters. The van der Waals surface area contributed by atoms with E-state index in [4.69, 9.17) is 16.0 Å². The first-order valence-electron chi connectivity index (χ1n) is 7.95. The number of amides is 1. The number of carbonyl (C=O) groups excluding carboxylic acids is 3. The number of carbonyl (C=O) groups is 3. The monoisotopic (exact) mass is 340 g/mol. The summed E-state index contributed by atoms with van der Waals surface area (Å²) in [5, 5.41) is 2.54. The van der Waals surface area contributed by atoms with Gasteiger partial charge in [-0.1, -0.05) is 13.8 Å². The molecule has 24 heavy (non-hydrogen) atoms. The van der Waals surface area contributed by atoms with Gasteiger partial charge >= 0.3 is 12.2 Å². The highest BCUT2D eigenvalue weighted by atomic mass is 16.6. The molecular formula is C16H28N4O4. The second kappa shape index (κ2) is 9.95. The number of ether oxygens (including phenoxy) is 1. The van der Waals surface area contributed by atoms with E-state index in [-0.39, 0.29) is 18.8 Å². The fourth-order valence-electron chi connectivity index (χ4n) is 1.93. The van der Waals surface area contributed by atoms with Crippen LogP contribution in [0.4, 0.5) is 0 Å². The predicted molar refractivity (Wildman–Crippen MR) is 89.1 cm³/mol. The molecule has 0 heterocycles. The Labute approximate surface area is 142 Å². The molecule has 0 bridgehead atoms. The largest absolute Gasteiger partial charge is 0.458 e. The van der Waals surface area contributed by atoms with Crippen LogP contribution in [0.1, 0.15) is 53.9 Å². The maximum absolute atomic E-state index is 12.2. The summed E-state index contributed by atoms with van der Waals surface area (Å²) in [6.07, 6.45) is 1.18. The van der Waals surface area contributed by atoms with Crippen molar-refractivity contribution < 1.29 is 23.9 Å². The number of ketones is 1. The second-order valence-corrected chi connectivity index (χ2v) is 7.08. The molecule has 1 amide bonds. The summed E-state index contributed by atoms with van der Waals surface area (Å²) < 4.78 is 5.27. The number of hydrogen-bond donors (Lipinski definition) is 2. The molecule has 8 nitrogen and oxygen atoms in total. The Bertz CT molecular complexity index is 505. The molecule has 0 aromatic heterocycles. The molecule has 0 aromatic carbocycles. The Kier molecular flexibility index (Phi) is 9.10. The number of esters is 1. The van der Waals surface area contributed by atoms with Crippen molar-refractivity contribution in [3.8, 4) is 0 Å². The molecule has 0 rings (SSSR count). The van der Waals surface area contributed by atoms with Gasteiger partial charge in [-0.2, -0.15) is 4.79 Å². The number of rotatable bonds is 9. The summed E-state index contributed by atoms with van der Waals surface area (Å²) in [6, 6.07) is -1.74. The van der Waals surface area contributed by atoms with Crippen LogP contribution in [0.2, 0.25) is 0 Å². The van der Waals surface area contributed by atoms with Crippen LogP contribution in [0.5, 0.6) is 0 Å². The quantitative estimate of drug-likeness (QED) is 0.277. The Morgan fingerprint density at radius 1 is 1.29 bits per heavy atom. The topological polar surface area (TPSA) is 135 Å². The van der Waals surface area contributed by atoms with Crippen molar-refractivity contribution in [2.45, 2.75) is 71.6 Å². The lowest BCUT2D eigenvalue weighted by molar-refractivity contribution is -0.159. The van der Waals surface area contributed by atoms with Gasteiger partial charge in [0.2, 0.25) is 11.7 Å². The van der Waals surface area contributed by atoms with Gasteiger partial charge in [-0.3, -0.25) is 9.59 Å². The van der Waals surface area contributed by atoms with Gasteiger partial charge in [0.1, 0.15) is 11.6 Å². The van der Waals surface area contributed by atoms with E-state index in [9.17, 15) is 14.4 Å². The zero-order valence-corrected chi connectivity index (χ0v) is 15.0. The third kappa shape index (κ3) is 9.86. The van der Waals surface area contributed by atoms with E-state index in [0.29, 0.717) is 6.42 Å². The minimum Gasteiger partial charge on any atom is -0.458 e. The van der Waals surface area contributed by atoms with Gasteiger partial charge in [0.25, 0.3) is 0 Å². The fraction of sp³-hybridized carbons (Fsp3) is 0.750.